The number of hydrogen-bond acceptors (Lipinski definition) is 6. The predicted octanol–water partition coefficient (Wildman–Crippen LogP) is 4.36. The average molecular weight is 425 g/mol. The van der Waals surface area contributed by atoms with Crippen molar-refractivity contribution in [2.45, 2.75) is 26.1 Å². The van der Waals surface area contributed by atoms with Crippen molar-refractivity contribution in [1.82, 2.24) is 5.16 Å². The second kappa shape index (κ2) is 8.77. The Morgan fingerprint density at radius 3 is 2.61 bits per heavy atom. The van der Waals surface area contributed by atoms with Gasteiger partial charge in [-0.05, 0) is 44.2 Å². The van der Waals surface area contributed by atoms with E-state index in [1.54, 1.807) is 25.3 Å². The highest BCUT2D eigenvalue weighted by atomic mass is 19.1. The molecule has 0 aliphatic carbocycles. The van der Waals surface area contributed by atoms with Gasteiger partial charge in [0, 0.05) is 24.8 Å². The summed E-state index contributed by atoms with van der Waals surface area (Å²) >= 11 is 0. The van der Waals surface area contributed by atoms with Crippen molar-refractivity contribution in [2.24, 2.45) is 0 Å². The number of anilines is 2. The fourth-order valence-electron chi connectivity index (χ4n) is 3.77. The SMILES string of the molecule is COc1ccccc1-c1cc(C(=O)Nc2ccc(N3C[C@@H](C)O[C@@H](C)C3)c(F)c2)no1. The Hall–Kier alpha value is -3.39. The van der Waals surface area contributed by atoms with Gasteiger partial charge in [-0.25, -0.2) is 4.39 Å². The largest absolute Gasteiger partial charge is 0.496 e. The van der Waals surface area contributed by atoms with Gasteiger partial charge in [0.1, 0.15) is 11.6 Å². The Balaban J connectivity index is 1.48. The first kappa shape index (κ1) is 20.9. The minimum atomic E-state index is -0.495. The third kappa shape index (κ3) is 4.54. The maximum Gasteiger partial charge on any atom is 0.277 e. The van der Waals surface area contributed by atoms with E-state index in [2.05, 4.69) is 10.5 Å². The monoisotopic (exact) mass is 425 g/mol. The summed E-state index contributed by atoms with van der Waals surface area (Å²) in [6.07, 6.45) is 0.0410. The number of benzene rings is 2. The van der Waals surface area contributed by atoms with Crippen LogP contribution in [0.3, 0.4) is 0 Å². The summed E-state index contributed by atoms with van der Waals surface area (Å²) in [4.78, 5) is 14.5. The van der Waals surface area contributed by atoms with Gasteiger partial charge < -0.3 is 24.2 Å². The number of para-hydroxylation sites is 1. The van der Waals surface area contributed by atoms with Crippen molar-refractivity contribution in [3.8, 4) is 17.1 Å². The molecule has 0 saturated carbocycles. The Morgan fingerprint density at radius 2 is 1.90 bits per heavy atom. The number of halogens is 1. The molecule has 162 valence electrons. The summed E-state index contributed by atoms with van der Waals surface area (Å²) < 4.78 is 31.1. The number of methoxy groups -OCH3 is 1. The molecule has 7 nitrogen and oxygen atoms in total. The van der Waals surface area contributed by atoms with E-state index in [1.165, 1.54) is 12.1 Å². The van der Waals surface area contributed by atoms with Crippen LogP contribution in [0.5, 0.6) is 5.75 Å². The Bertz CT molecular complexity index is 1070. The van der Waals surface area contributed by atoms with Crippen molar-refractivity contribution in [1.29, 1.82) is 0 Å². The molecule has 2 atom stereocenters. The molecule has 1 aliphatic rings. The molecule has 2 heterocycles. The fourth-order valence-corrected chi connectivity index (χ4v) is 3.77. The molecule has 31 heavy (non-hydrogen) atoms. The van der Waals surface area contributed by atoms with Gasteiger partial charge in [0.25, 0.3) is 5.91 Å². The van der Waals surface area contributed by atoms with Crippen LogP contribution >= 0.6 is 0 Å². The molecular formula is C23H24FN3O4. The topological polar surface area (TPSA) is 76.8 Å². The number of ether oxygens (including phenoxy) is 2. The van der Waals surface area contributed by atoms with Crippen molar-refractivity contribution in [3.63, 3.8) is 0 Å². The quantitative estimate of drug-likeness (QED) is 0.655. The van der Waals surface area contributed by atoms with Gasteiger partial charge in [0.15, 0.2) is 11.5 Å². The van der Waals surface area contributed by atoms with E-state index in [9.17, 15) is 9.18 Å². The Kier molecular flexibility index (Phi) is 5.90. The number of amides is 1. The number of nitrogens with one attached hydrogen (secondary N) is 1. The molecule has 0 radical (unpaired) electrons. The van der Waals surface area contributed by atoms with Gasteiger partial charge in [-0.3, -0.25) is 4.79 Å². The summed E-state index contributed by atoms with van der Waals surface area (Å²) in [5.41, 5.74) is 1.59. The minimum absolute atomic E-state index is 0.0205. The van der Waals surface area contributed by atoms with Crippen molar-refractivity contribution in [3.05, 3.63) is 60.0 Å². The fraction of sp³-hybridized carbons (Fsp3) is 0.304. The zero-order valence-corrected chi connectivity index (χ0v) is 17.6. The van der Waals surface area contributed by atoms with Gasteiger partial charge in [0.05, 0.1) is 30.6 Å². The first-order valence-corrected chi connectivity index (χ1v) is 10.1. The van der Waals surface area contributed by atoms with Crippen LogP contribution in [-0.2, 0) is 4.74 Å². The van der Waals surface area contributed by atoms with Crippen molar-refractivity contribution < 1.29 is 23.2 Å². The van der Waals surface area contributed by atoms with Gasteiger partial charge in [-0.2, -0.15) is 0 Å². The van der Waals surface area contributed by atoms with Gasteiger partial charge in [-0.1, -0.05) is 17.3 Å². The number of rotatable bonds is 5. The van der Waals surface area contributed by atoms with Crippen LogP contribution in [0.2, 0.25) is 0 Å². The molecule has 1 aromatic heterocycles. The third-order valence-corrected chi connectivity index (χ3v) is 5.08. The lowest BCUT2D eigenvalue weighted by Gasteiger charge is -2.37. The van der Waals surface area contributed by atoms with E-state index >= 15 is 0 Å². The number of nitrogens with zero attached hydrogens (tertiary/aromatic N) is 2. The van der Waals surface area contributed by atoms with Gasteiger partial charge >= 0.3 is 0 Å². The summed E-state index contributed by atoms with van der Waals surface area (Å²) in [7, 11) is 1.55. The standard InChI is InChI=1S/C23H24FN3O4/c1-14-12-27(13-15(2)30-14)20-9-8-16(10-18(20)24)25-23(28)19-11-22(31-26-19)17-6-4-5-7-21(17)29-3/h4-11,14-15H,12-13H2,1-3H3,(H,25,28)/t14-,15+. The highest BCUT2D eigenvalue weighted by Crippen LogP contribution is 2.30. The van der Waals surface area contributed by atoms with Crippen LogP contribution in [0, 0.1) is 5.82 Å². The van der Waals surface area contributed by atoms with E-state index in [1.807, 2.05) is 36.9 Å². The highest BCUT2D eigenvalue weighted by molar-refractivity contribution is 6.03. The zero-order valence-electron chi connectivity index (χ0n) is 17.6. The third-order valence-electron chi connectivity index (χ3n) is 5.08. The molecule has 1 N–H and O–H groups in total. The molecule has 1 saturated heterocycles. The first-order chi connectivity index (χ1) is 14.9. The molecule has 1 aliphatic heterocycles. The van der Waals surface area contributed by atoms with Crippen LogP contribution in [0.1, 0.15) is 24.3 Å². The first-order valence-electron chi connectivity index (χ1n) is 10.1. The maximum absolute atomic E-state index is 14.8. The molecule has 0 unspecified atom stereocenters. The Morgan fingerprint density at radius 1 is 1.16 bits per heavy atom. The molecular weight excluding hydrogens is 401 g/mol. The lowest BCUT2D eigenvalue weighted by atomic mass is 10.1. The van der Waals surface area contributed by atoms with Crippen LogP contribution in [0.15, 0.2) is 53.1 Å². The summed E-state index contributed by atoms with van der Waals surface area (Å²) in [5.74, 6) is 0.106. The van der Waals surface area contributed by atoms with Crippen LogP contribution < -0.4 is 15.0 Å². The van der Waals surface area contributed by atoms with Crippen molar-refractivity contribution in [2.75, 3.05) is 30.4 Å². The predicted molar refractivity (Wildman–Crippen MR) is 115 cm³/mol. The van der Waals surface area contributed by atoms with E-state index in [0.29, 0.717) is 41.5 Å². The van der Waals surface area contributed by atoms with Crippen LogP contribution in [0.25, 0.3) is 11.3 Å². The molecule has 0 spiro atoms. The second-order valence-electron chi connectivity index (χ2n) is 7.56. The smallest absolute Gasteiger partial charge is 0.277 e. The number of carbonyl (C=O) groups is 1. The molecule has 1 amide bonds. The van der Waals surface area contributed by atoms with Crippen LogP contribution in [-0.4, -0.2) is 43.5 Å². The maximum atomic E-state index is 14.8. The van der Waals surface area contributed by atoms with E-state index in [4.69, 9.17) is 14.0 Å². The zero-order chi connectivity index (χ0) is 22.0. The van der Waals surface area contributed by atoms with Gasteiger partial charge in [-0.15, -0.1) is 0 Å². The minimum Gasteiger partial charge on any atom is -0.496 e. The van der Waals surface area contributed by atoms with Crippen molar-refractivity contribution >= 4 is 17.3 Å². The van der Waals surface area contributed by atoms with Gasteiger partial charge in [0.2, 0.25) is 0 Å². The van der Waals surface area contributed by atoms with E-state index in [0.717, 1.165) is 0 Å². The summed E-state index contributed by atoms with van der Waals surface area (Å²) in [6, 6.07) is 13.4. The lowest BCUT2D eigenvalue weighted by Crippen LogP contribution is -2.45. The molecule has 4 rings (SSSR count). The molecule has 2 aromatic carbocycles. The molecule has 8 heteroatoms. The molecule has 3 aromatic rings. The molecule has 0 bridgehead atoms. The number of hydrogen-bond donors (Lipinski definition) is 1. The number of morpholine rings is 1. The number of carbonyl (C=O) groups excluding carboxylic acids is 1. The average Bonchev–Trinajstić information content (AvgIpc) is 3.23. The summed E-state index contributed by atoms with van der Waals surface area (Å²) in [6.45, 7) is 5.15. The van der Waals surface area contributed by atoms with E-state index < -0.39 is 11.7 Å². The highest BCUT2D eigenvalue weighted by Gasteiger charge is 2.24. The number of aromatic nitrogens is 1. The lowest BCUT2D eigenvalue weighted by molar-refractivity contribution is -0.00539. The van der Waals surface area contributed by atoms with Crippen LogP contribution in [0.4, 0.5) is 15.8 Å². The Labute approximate surface area is 179 Å². The molecule has 1 fully saturated rings. The second-order valence-corrected chi connectivity index (χ2v) is 7.56. The summed E-state index contributed by atoms with van der Waals surface area (Å²) in [5, 5.41) is 6.50. The normalized spacial score (nSPS) is 18.6. The van der Waals surface area contributed by atoms with E-state index in [-0.39, 0.29) is 17.9 Å².